The van der Waals surface area contributed by atoms with Crippen LogP contribution < -0.4 is 0 Å². The zero-order chi connectivity index (χ0) is 74.9. The maximum Gasteiger partial charge on any atom is 0.472 e. The van der Waals surface area contributed by atoms with Crippen LogP contribution in [0.4, 0.5) is 0 Å². The van der Waals surface area contributed by atoms with Crippen LogP contribution >= 0.6 is 15.6 Å². The van der Waals surface area contributed by atoms with Gasteiger partial charge >= 0.3 is 39.5 Å². The van der Waals surface area contributed by atoms with Crippen molar-refractivity contribution in [2.75, 3.05) is 39.6 Å². The topological polar surface area (TPSA) is 237 Å². The van der Waals surface area contributed by atoms with Crippen LogP contribution in [0.2, 0.25) is 0 Å². The van der Waals surface area contributed by atoms with Crippen LogP contribution in [0.25, 0.3) is 0 Å². The Labute approximate surface area is 626 Å². The molecule has 0 spiro atoms. The van der Waals surface area contributed by atoms with E-state index in [-0.39, 0.29) is 25.7 Å². The summed E-state index contributed by atoms with van der Waals surface area (Å²) in [6, 6.07) is 0. The first-order chi connectivity index (χ1) is 49.4. The second-order valence-electron chi connectivity index (χ2n) is 30.8. The Bertz CT molecular complexity index is 1960. The number of unbranched alkanes of at least 4 members (excludes halogenated alkanes) is 52. The molecule has 0 saturated heterocycles. The number of phosphoric acid groups is 2. The number of ether oxygens (including phenoxy) is 4. The van der Waals surface area contributed by atoms with Gasteiger partial charge in [0.15, 0.2) is 12.2 Å². The molecule has 0 aromatic heterocycles. The second-order valence-corrected chi connectivity index (χ2v) is 33.7. The van der Waals surface area contributed by atoms with E-state index in [1.54, 1.807) is 0 Å². The number of carbonyl (C=O) groups excluding carboxylic acids is 4. The smallest absolute Gasteiger partial charge is 0.462 e. The van der Waals surface area contributed by atoms with E-state index in [1.165, 1.54) is 250 Å². The first kappa shape index (κ1) is 100. The van der Waals surface area contributed by atoms with Crippen molar-refractivity contribution in [3.63, 3.8) is 0 Å². The van der Waals surface area contributed by atoms with Gasteiger partial charge in [0.25, 0.3) is 0 Å². The van der Waals surface area contributed by atoms with E-state index in [0.29, 0.717) is 31.6 Å². The lowest BCUT2D eigenvalue weighted by Crippen LogP contribution is -2.30. The zero-order valence-corrected chi connectivity index (χ0v) is 68.7. The van der Waals surface area contributed by atoms with Crippen LogP contribution in [0.5, 0.6) is 0 Å². The third kappa shape index (κ3) is 76.3. The molecule has 0 amide bonds. The molecule has 17 nitrogen and oxygen atoms in total. The molecule has 0 aliphatic heterocycles. The molecule has 0 aliphatic carbocycles. The summed E-state index contributed by atoms with van der Waals surface area (Å²) < 4.78 is 68.7. The van der Waals surface area contributed by atoms with Gasteiger partial charge in [0.1, 0.15) is 19.3 Å². The molecule has 19 heteroatoms. The molecule has 102 heavy (non-hydrogen) atoms. The predicted molar refractivity (Wildman–Crippen MR) is 418 cm³/mol. The lowest BCUT2D eigenvalue weighted by molar-refractivity contribution is -0.161. The van der Waals surface area contributed by atoms with E-state index in [1.807, 2.05) is 0 Å². The molecule has 0 bridgehead atoms. The van der Waals surface area contributed by atoms with Crippen molar-refractivity contribution in [3.05, 3.63) is 0 Å². The van der Waals surface area contributed by atoms with E-state index >= 15 is 0 Å². The normalized spacial score (nSPS) is 13.9. The van der Waals surface area contributed by atoms with Gasteiger partial charge < -0.3 is 33.8 Å². The van der Waals surface area contributed by atoms with Crippen molar-refractivity contribution in [3.8, 4) is 0 Å². The highest BCUT2D eigenvalue weighted by atomic mass is 31.2. The molecular formula is C83H162O17P2. The first-order valence-corrected chi connectivity index (χ1v) is 46.0. The molecule has 5 atom stereocenters. The van der Waals surface area contributed by atoms with E-state index in [0.717, 1.165) is 102 Å². The fourth-order valence-corrected chi connectivity index (χ4v) is 14.5. The SMILES string of the molecule is CCCCCCCCCCCCCCCCCCCCCCCC(=O)OC[C@H](COP(=O)(O)OC[C@@H](O)COP(=O)(O)OC[C@@H](COC(=O)CCCCCCCCC(C)C)OC(=O)CCCCCCCCCCCCC)OC(=O)CCCCCCCCCCCCCCCCCCCCC(C)C. The maximum atomic E-state index is 13.1. The summed E-state index contributed by atoms with van der Waals surface area (Å²) in [6.07, 6.45) is 65.6. The lowest BCUT2D eigenvalue weighted by Gasteiger charge is -2.21. The van der Waals surface area contributed by atoms with Crippen LogP contribution in [0.1, 0.15) is 440 Å². The number of phosphoric ester groups is 2. The minimum Gasteiger partial charge on any atom is -0.462 e. The number of esters is 4. The van der Waals surface area contributed by atoms with E-state index in [2.05, 4.69) is 41.5 Å². The van der Waals surface area contributed by atoms with Gasteiger partial charge in [-0.3, -0.25) is 37.3 Å². The fraction of sp³-hybridized carbons (Fsp3) is 0.952. The number of carbonyl (C=O) groups is 4. The summed E-state index contributed by atoms with van der Waals surface area (Å²) in [7, 11) is -9.92. The Morgan fingerprint density at radius 1 is 0.265 bits per heavy atom. The molecule has 0 rings (SSSR count). The summed E-state index contributed by atoms with van der Waals surface area (Å²) in [5.41, 5.74) is 0. The lowest BCUT2D eigenvalue weighted by atomic mass is 10.0. The Morgan fingerprint density at radius 3 is 0.667 bits per heavy atom. The molecule has 2 unspecified atom stereocenters. The monoisotopic (exact) mass is 1490 g/mol. The molecule has 0 fully saturated rings. The Morgan fingerprint density at radius 2 is 0.451 bits per heavy atom. The largest absolute Gasteiger partial charge is 0.472 e. The summed E-state index contributed by atoms with van der Waals surface area (Å²) in [5.74, 6) is -0.610. The van der Waals surface area contributed by atoms with Crippen molar-refractivity contribution in [1.29, 1.82) is 0 Å². The van der Waals surface area contributed by atoms with E-state index in [4.69, 9.17) is 37.0 Å². The highest BCUT2D eigenvalue weighted by Gasteiger charge is 2.30. The summed E-state index contributed by atoms with van der Waals surface area (Å²) in [6.45, 7) is 9.59. The van der Waals surface area contributed by atoms with Crippen molar-refractivity contribution < 1.29 is 80.2 Å². The third-order valence-corrected chi connectivity index (χ3v) is 21.4. The fourth-order valence-electron chi connectivity index (χ4n) is 12.9. The van der Waals surface area contributed by atoms with Crippen molar-refractivity contribution in [1.82, 2.24) is 0 Å². The van der Waals surface area contributed by atoms with Crippen LogP contribution in [0.3, 0.4) is 0 Å². The quantitative estimate of drug-likeness (QED) is 0.0222. The van der Waals surface area contributed by atoms with Gasteiger partial charge in [-0.15, -0.1) is 0 Å². The Balaban J connectivity index is 5.17. The highest BCUT2D eigenvalue weighted by Crippen LogP contribution is 2.45. The molecule has 0 radical (unpaired) electrons. The number of rotatable bonds is 82. The Hall–Kier alpha value is -1.94. The van der Waals surface area contributed by atoms with Gasteiger partial charge in [-0.05, 0) is 37.5 Å². The van der Waals surface area contributed by atoms with E-state index in [9.17, 15) is 43.2 Å². The van der Waals surface area contributed by atoms with Crippen molar-refractivity contribution in [2.24, 2.45) is 11.8 Å². The van der Waals surface area contributed by atoms with Gasteiger partial charge in [0.2, 0.25) is 0 Å². The third-order valence-electron chi connectivity index (χ3n) is 19.5. The summed E-state index contributed by atoms with van der Waals surface area (Å²) >= 11 is 0. The molecular weight excluding hydrogens is 1330 g/mol. The maximum absolute atomic E-state index is 13.1. The minimum atomic E-state index is -4.96. The van der Waals surface area contributed by atoms with E-state index < -0.39 is 97.5 Å². The average Bonchev–Trinajstić information content (AvgIpc) is 0.910. The van der Waals surface area contributed by atoms with Crippen molar-refractivity contribution >= 4 is 39.5 Å². The van der Waals surface area contributed by atoms with Crippen molar-refractivity contribution in [2.45, 2.75) is 458 Å². The molecule has 606 valence electrons. The second kappa shape index (κ2) is 74.5. The molecule has 0 heterocycles. The number of aliphatic hydroxyl groups is 1. The van der Waals surface area contributed by atoms with Gasteiger partial charge in [-0.25, -0.2) is 9.13 Å². The van der Waals surface area contributed by atoms with Gasteiger partial charge in [-0.1, -0.05) is 388 Å². The predicted octanol–water partition coefficient (Wildman–Crippen LogP) is 25.1. The van der Waals surface area contributed by atoms with Crippen LogP contribution in [0.15, 0.2) is 0 Å². The summed E-state index contributed by atoms with van der Waals surface area (Å²) in [5, 5.41) is 10.6. The van der Waals surface area contributed by atoms with Crippen LogP contribution in [0, 0.1) is 11.8 Å². The highest BCUT2D eigenvalue weighted by molar-refractivity contribution is 7.47. The Kier molecular flexibility index (Phi) is 73.1. The van der Waals surface area contributed by atoms with Crippen LogP contribution in [-0.4, -0.2) is 96.7 Å². The molecule has 3 N–H and O–H groups in total. The number of aliphatic hydroxyl groups excluding tert-OH is 1. The minimum absolute atomic E-state index is 0.106. The van der Waals surface area contributed by atoms with Crippen LogP contribution in [-0.2, 0) is 65.4 Å². The zero-order valence-electron chi connectivity index (χ0n) is 66.9. The molecule has 0 aliphatic rings. The van der Waals surface area contributed by atoms with Gasteiger partial charge in [0, 0.05) is 25.7 Å². The average molecular weight is 1490 g/mol. The molecule has 0 aromatic carbocycles. The molecule has 0 aromatic rings. The number of hydrogen-bond acceptors (Lipinski definition) is 15. The molecule has 0 saturated carbocycles. The standard InChI is InChI=1S/C83H162O17P2/c1-7-9-11-13-15-17-19-20-21-22-23-24-25-29-32-35-39-42-46-53-59-65-80(85)93-71-78(99-83(88)68-62-56-48-44-40-36-33-30-27-26-28-31-34-38-41-45-51-57-63-75(3)4)73-97-101(89,90)95-69-77(84)70-96-102(91,92)98-74-79(72-94-81(86)66-60-54-50-49-52-58-64-76(5)6)100-82(87)67-61-55-47-43-37-18-16-14-12-10-8-2/h75-79,84H,7-74H2,1-6H3,(H,89,90)(H,91,92)/t77-,78-,79-/m1/s1. The first-order valence-electron chi connectivity index (χ1n) is 43.0. The van der Waals surface area contributed by atoms with Gasteiger partial charge in [-0.2, -0.15) is 0 Å². The van der Waals surface area contributed by atoms with Gasteiger partial charge in [0.05, 0.1) is 26.4 Å². The number of hydrogen-bond donors (Lipinski definition) is 3. The summed E-state index contributed by atoms with van der Waals surface area (Å²) in [4.78, 5) is 73.0.